The number of ether oxygens (including phenoxy) is 1. The zero-order valence-electron chi connectivity index (χ0n) is 8.58. The van der Waals surface area contributed by atoms with Gasteiger partial charge in [-0.25, -0.2) is 0 Å². The van der Waals surface area contributed by atoms with Gasteiger partial charge in [0, 0.05) is 13.3 Å². The largest absolute Gasteiger partial charge is 0.436 e. The van der Waals surface area contributed by atoms with Crippen molar-refractivity contribution in [2.45, 2.75) is 58.7 Å². The lowest BCUT2D eigenvalue weighted by Gasteiger charge is -2.09. The van der Waals surface area contributed by atoms with Crippen LogP contribution in [0.4, 0.5) is 0 Å². The highest BCUT2D eigenvalue weighted by Gasteiger charge is 2.05. The molecule has 1 atom stereocenters. The minimum atomic E-state index is -0.904. The second-order valence-electron chi connectivity index (χ2n) is 3.27. The van der Waals surface area contributed by atoms with Crippen LogP contribution in [0.2, 0.25) is 0 Å². The van der Waals surface area contributed by atoms with Gasteiger partial charge in [-0.2, -0.15) is 0 Å². The summed E-state index contributed by atoms with van der Waals surface area (Å²) in [6, 6.07) is 0. The number of carbonyl (C=O) groups is 1. The van der Waals surface area contributed by atoms with Gasteiger partial charge in [0.25, 0.3) is 0 Å². The Labute approximate surface area is 80.1 Å². The first-order chi connectivity index (χ1) is 6.16. The van der Waals surface area contributed by atoms with Crippen LogP contribution < -0.4 is 0 Å². The summed E-state index contributed by atoms with van der Waals surface area (Å²) in [5.74, 6) is -0.416. The topological polar surface area (TPSA) is 46.5 Å². The molecule has 0 saturated carbocycles. The van der Waals surface area contributed by atoms with Crippen molar-refractivity contribution in [3.05, 3.63) is 0 Å². The van der Waals surface area contributed by atoms with Crippen molar-refractivity contribution in [2.75, 3.05) is 0 Å². The van der Waals surface area contributed by atoms with Crippen molar-refractivity contribution < 1.29 is 14.6 Å². The molecule has 78 valence electrons. The van der Waals surface area contributed by atoms with Gasteiger partial charge in [0.05, 0.1) is 0 Å². The van der Waals surface area contributed by atoms with Gasteiger partial charge < -0.3 is 9.84 Å². The molecule has 0 aromatic rings. The highest BCUT2D eigenvalue weighted by atomic mass is 16.6. The van der Waals surface area contributed by atoms with E-state index in [-0.39, 0.29) is 0 Å². The third-order valence-corrected chi connectivity index (χ3v) is 1.86. The molecule has 0 amide bonds. The second kappa shape index (κ2) is 8.05. The third-order valence-electron chi connectivity index (χ3n) is 1.86. The van der Waals surface area contributed by atoms with E-state index in [1.165, 1.54) is 26.2 Å². The van der Waals surface area contributed by atoms with E-state index in [2.05, 4.69) is 11.7 Å². The Morgan fingerprint density at radius 1 is 1.31 bits per heavy atom. The van der Waals surface area contributed by atoms with E-state index >= 15 is 0 Å². The van der Waals surface area contributed by atoms with Gasteiger partial charge in [-0.15, -0.1) is 0 Å². The average Bonchev–Trinajstić information content (AvgIpc) is 2.02. The Balaban J connectivity index is 3.17. The molecular weight excluding hydrogens is 168 g/mol. The molecule has 3 nitrogen and oxygen atoms in total. The summed E-state index contributed by atoms with van der Waals surface area (Å²) in [6.45, 7) is 3.47. The quantitative estimate of drug-likeness (QED) is 0.378. The molecule has 0 saturated heterocycles. The second-order valence-corrected chi connectivity index (χ2v) is 3.27. The van der Waals surface area contributed by atoms with Crippen LogP contribution in [0.15, 0.2) is 0 Å². The molecule has 0 aromatic carbocycles. The van der Waals surface area contributed by atoms with Crippen LogP contribution in [0.5, 0.6) is 0 Å². The van der Waals surface area contributed by atoms with Crippen LogP contribution in [0, 0.1) is 0 Å². The molecule has 0 aliphatic heterocycles. The van der Waals surface area contributed by atoms with Crippen molar-refractivity contribution >= 4 is 5.97 Å². The fraction of sp³-hybridized carbons (Fsp3) is 0.900. The van der Waals surface area contributed by atoms with Crippen LogP contribution >= 0.6 is 0 Å². The normalized spacial score (nSPS) is 12.5. The molecule has 3 heteroatoms. The molecule has 0 heterocycles. The van der Waals surface area contributed by atoms with Gasteiger partial charge in [0.2, 0.25) is 6.29 Å². The lowest BCUT2D eigenvalue weighted by atomic mass is 10.1. The summed E-state index contributed by atoms with van der Waals surface area (Å²) in [5.41, 5.74) is 0. The summed E-state index contributed by atoms with van der Waals surface area (Å²) in [5, 5.41) is 9.13. The summed E-state index contributed by atoms with van der Waals surface area (Å²) in [7, 11) is 0. The molecule has 0 aliphatic carbocycles. The molecule has 0 spiro atoms. The monoisotopic (exact) mass is 188 g/mol. The summed E-state index contributed by atoms with van der Waals surface area (Å²) < 4.78 is 4.57. The van der Waals surface area contributed by atoms with Gasteiger partial charge in [-0.3, -0.25) is 4.79 Å². The Morgan fingerprint density at radius 3 is 2.46 bits per heavy atom. The number of hydrogen-bond acceptors (Lipinski definition) is 3. The van der Waals surface area contributed by atoms with E-state index in [1.54, 1.807) is 0 Å². The van der Waals surface area contributed by atoms with E-state index in [9.17, 15) is 4.79 Å². The molecule has 1 unspecified atom stereocenters. The smallest absolute Gasteiger partial charge is 0.304 e. The molecule has 0 bridgehead atoms. The molecule has 0 rings (SSSR count). The third kappa shape index (κ3) is 9.34. The Kier molecular flexibility index (Phi) is 7.69. The first-order valence-corrected chi connectivity index (χ1v) is 5.02. The lowest BCUT2D eigenvalue weighted by Crippen LogP contribution is -2.14. The van der Waals surface area contributed by atoms with Gasteiger partial charge in [-0.05, 0) is 6.42 Å². The minimum absolute atomic E-state index is 0.416. The van der Waals surface area contributed by atoms with E-state index in [0.29, 0.717) is 6.42 Å². The van der Waals surface area contributed by atoms with Crippen molar-refractivity contribution in [1.29, 1.82) is 0 Å². The Hall–Kier alpha value is -0.570. The Bertz CT molecular complexity index is 134. The number of aliphatic hydroxyl groups is 1. The number of rotatable bonds is 7. The fourth-order valence-corrected chi connectivity index (χ4v) is 1.17. The highest BCUT2D eigenvalue weighted by Crippen LogP contribution is 2.07. The molecule has 1 N–H and O–H groups in total. The van der Waals surface area contributed by atoms with Gasteiger partial charge >= 0.3 is 5.97 Å². The maximum Gasteiger partial charge on any atom is 0.304 e. The minimum Gasteiger partial charge on any atom is -0.436 e. The van der Waals surface area contributed by atoms with Gasteiger partial charge in [0.1, 0.15) is 0 Å². The summed E-state index contributed by atoms with van der Waals surface area (Å²) in [4.78, 5) is 10.4. The summed E-state index contributed by atoms with van der Waals surface area (Å²) in [6.07, 6.45) is 5.34. The number of carbonyl (C=O) groups excluding carboxylic acids is 1. The van der Waals surface area contributed by atoms with Gasteiger partial charge in [0.15, 0.2) is 0 Å². The zero-order valence-corrected chi connectivity index (χ0v) is 8.58. The van der Waals surface area contributed by atoms with E-state index in [0.717, 1.165) is 12.8 Å². The highest BCUT2D eigenvalue weighted by molar-refractivity contribution is 5.65. The number of unbranched alkanes of at least 4 members (excludes halogenated alkanes) is 4. The maximum absolute atomic E-state index is 10.4. The van der Waals surface area contributed by atoms with E-state index in [1.807, 2.05) is 0 Å². The van der Waals surface area contributed by atoms with Gasteiger partial charge in [-0.1, -0.05) is 32.6 Å². The van der Waals surface area contributed by atoms with Crippen molar-refractivity contribution in [2.24, 2.45) is 0 Å². The molecule has 0 radical (unpaired) electrons. The lowest BCUT2D eigenvalue weighted by molar-refractivity contribution is -0.165. The van der Waals surface area contributed by atoms with Crippen LogP contribution in [-0.4, -0.2) is 17.4 Å². The predicted molar refractivity (Wildman–Crippen MR) is 51.1 cm³/mol. The molecule has 13 heavy (non-hydrogen) atoms. The summed E-state index contributed by atoms with van der Waals surface area (Å²) >= 11 is 0. The van der Waals surface area contributed by atoms with Crippen molar-refractivity contribution in [3.63, 3.8) is 0 Å². The van der Waals surface area contributed by atoms with Crippen LogP contribution in [0.25, 0.3) is 0 Å². The molecule has 0 fully saturated rings. The standard InChI is InChI=1S/C10H20O3/c1-3-4-5-6-7-8-10(12)13-9(2)11/h10,12H,3-8H2,1-2H3. The zero-order chi connectivity index (χ0) is 10.1. The predicted octanol–water partition coefficient (Wildman–Crippen LogP) is 2.23. The number of hydrogen-bond donors (Lipinski definition) is 1. The van der Waals surface area contributed by atoms with Crippen molar-refractivity contribution in [1.82, 2.24) is 0 Å². The number of esters is 1. The maximum atomic E-state index is 10.4. The SMILES string of the molecule is CCCCCCCC(O)OC(C)=O. The first-order valence-electron chi connectivity index (χ1n) is 5.02. The van der Waals surface area contributed by atoms with E-state index < -0.39 is 12.3 Å². The fourth-order valence-electron chi connectivity index (χ4n) is 1.17. The molecule has 0 aliphatic rings. The first kappa shape index (κ1) is 12.4. The number of aliphatic hydroxyl groups excluding tert-OH is 1. The van der Waals surface area contributed by atoms with Crippen LogP contribution in [0.1, 0.15) is 52.4 Å². The van der Waals surface area contributed by atoms with Crippen LogP contribution in [-0.2, 0) is 9.53 Å². The van der Waals surface area contributed by atoms with Crippen LogP contribution in [0.3, 0.4) is 0 Å². The van der Waals surface area contributed by atoms with Crippen molar-refractivity contribution in [3.8, 4) is 0 Å². The molecular formula is C10H20O3. The molecule has 0 aromatic heterocycles. The Morgan fingerprint density at radius 2 is 1.92 bits per heavy atom. The average molecular weight is 188 g/mol. The van der Waals surface area contributed by atoms with E-state index in [4.69, 9.17) is 5.11 Å².